The van der Waals surface area contributed by atoms with E-state index in [1.54, 1.807) is 6.20 Å². The molecule has 0 aliphatic rings. The molecule has 1 aromatic carbocycles. The van der Waals surface area contributed by atoms with Gasteiger partial charge in [0.2, 0.25) is 0 Å². The van der Waals surface area contributed by atoms with Gasteiger partial charge in [-0.25, -0.2) is 14.8 Å². The third-order valence-corrected chi connectivity index (χ3v) is 3.44. The van der Waals surface area contributed by atoms with Crippen LogP contribution in [0.25, 0.3) is 10.9 Å². The number of aromatic nitrogens is 4. The first kappa shape index (κ1) is 13.4. The summed E-state index contributed by atoms with van der Waals surface area (Å²) in [4.78, 5) is 19.4. The third kappa shape index (κ3) is 2.65. The standard InChI is InChI=1S/C13H11N5O2S/c1-21-13-14-6-9(12(19)20)11(17-13)16-8-2-3-10-7(4-8)5-15-18-10/h2-6H,1H3,(H,15,18)(H,19,20)(H,14,16,17). The fraction of sp³-hybridized carbons (Fsp3) is 0.0769. The quantitative estimate of drug-likeness (QED) is 0.502. The molecule has 3 aromatic rings. The summed E-state index contributed by atoms with van der Waals surface area (Å²) in [5.41, 5.74) is 1.67. The number of carbonyl (C=O) groups is 1. The topological polar surface area (TPSA) is 104 Å². The lowest BCUT2D eigenvalue weighted by Gasteiger charge is -2.09. The Bertz CT molecular complexity index is 817. The lowest BCUT2D eigenvalue weighted by molar-refractivity contribution is 0.0697. The second-order valence-corrected chi connectivity index (χ2v) is 4.99. The van der Waals surface area contributed by atoms with E-state index in [-0.39, 0.29) is 11.4 Å². The minimum Gasteiger partial charge on any atom is -0.477 e. The van der Waals surface area contributed by atoms with Gasteiger partial charge in [-0.15, -0.1) is 0 Å². The van der Waals surface area contributed by atoms with Crippen LogP contribution in [0.1, 0.15) is 10.4 Å². The van der Waals surface area contributed by atoms with Gasteiger partial charge in [0, 0.05) is 17.3 Å². The lowest BCUT2D eigenvalue weighted by atomic mass is 10.2. The Balaban J connectivity index is 2.00. The Labute approximate surface area is 123 Å². The minimum atomic E-state index is -1.07. The molecule has 106 valence electrons. The molecular weight excluding hydrogens is 290 g/mol. The van der Waals surface area contributed by atoms with Crippen molar-refractivity contribution in [2.24, 2.45) is 0 Å². The molecule has 0 aliphatic heterocycles. The van der Waals surface area contributed by atoms with Gasteiger partial charge in [-0.1, -0.05) is 11.8 Å². The summed E-state index contributed by atoms with van der Waals surface area (Å²) >= 11 is 1.35. The third-order valence-electron chi connectivity index (χ3n) is 2.88. The van der Waals surface area contributed by atoms with Crippen LogP contribution in [0.2, 0.25) is 0 Å². The fourth-order valence-corrected chi connectivity index (χ4v) is 2.21. The minimum absolute atomic E-state index is 0.0279. The Hall–Kier alpha value is -2.61. The van der Waals surface area contributed by atoms with Crippen LogP contribution in [0, 0.1) is 0 Å². The molecule has 0 fully saturated rings. The summed E-state index contributed by atoms with van der Waals surface area (Å²) in [6.07, 6.45) is 4.84. The molecule has 8 heteroatoms. The zero-order chi connectivity index (χ0) is 14.8. The molecule has 0 amide bonds. The summed E-state index contributed by atoms with van der Waals surface area (Å²) in [6.45, 7) is 0. The molecule has 2 aromatic heterocycles. The average Bonchev–Trinajstić information content (AvgIpc) is 2.94. The SMILES string of the molecule is CSc1ncc(C(=O)O)c(Nc2ccc3[nH]ncc3c2)n1. The smallest absolute Gasteiger partial charge is 0.341 e. The van der Waals surface area contributed by atoms with Gasteiger partial charge in [-0.3, -0.25) is 5.10 Å². The van der Waals surface area contributed by atoms with Gasteiger partial charge < -0.3 is 10.4 Å². The van der Waals surface area contributed by atoms with Gasteiger partial charge in [0.15, 0.2) is 5.16 Å². The summed E-state index contributed by atoms with van der Waals surface area (Å²) in [6, 6.07) is 5.56. The summed E-state index contributed by atoms with van der Waals surface area (Å²) in [5.74, 6) is -0.806. The van der Waals surface area contributed by atoms with Gasteiger partial charge in [-0.2, -0.15) is 5.10 Å². The maximum Gasteiger partial charge on any atom is 0.341 e. The molecule has 0 spiro atoms. The van der Waals surface area contributed by atoms with Gasteiger partial charge in [-0.05, 0) is 24.5 Å². The predicted octanol–water partition coefficient (Wildman–Crippen LogP) is 2.52. The number of nitrogens with one attached hydrogen (secondary N) is 2. The molecule has 0 bridgehead atoms. The van der Waals surface area contributed by atoms with Crippen molar-refractivity contribution in [2.75, 3.05) is 11.6 Å². The maximum absolute atomic E-state index is 11.2. The maximum atomic E-state index is 11.2. The Morgan fingerprint density at radius 1 is 1.38 bits per heavy atom. The lowest BCUT2D eigenvalue weighted by Crippen LogP contribution is -2.06. The highest BCUT2D eigenvalue weighted by atomic mass is 32.2. The summed E-state index contributed by atoms with van der Waals surface area (Å²) in [5, 5.41) is 20.5. The van der Waals surface area contributed by atoms with E-state index in [1.165, 1.54) is 18.0 Å². The Kier molecular flexibility index (Phi) is 3.44. The van der Waals surface area contributed by atoms with Crippen molar-refractivity contribution in [2.45, 2.75) is 5.16 Å². The van der Waals surface area contributed by atoms with Crippen LogP contribution in [0.3, 0.4) is 0 Å². The molecule has 0 saturated carbocycles. The van der Waals surface area contributed by atoms with Crippen molar-refractivity contribution in [3.63, 3.8) is 0 Å². The van der Waals surface area contributed by atoms with E-state index in [1.807, 2.05) is 24.5 Å². The number of fused-ring (bicyclic) bond motifs is 1. The Morgan fingerprint density at radius 3 is 3.00 bits per heavy atom. The van der Waals surface area contributed by atoms with Crippen molar-refractivity contribution >= 4 is 40.1 Å². The number of carboxylic acids is 1. The van der Waals surface area contributed by atoms with E-state index >= 15 is 0 Å². The highest BCUT2D eigenvalue weighted by molar-refractivity contribution is 7.98. The largest absolute Gasteiger partial charge is 0.477 e. The van der Waals surface area contributed by atoms with E-state index in [0.29, 0.717) is 5.16 Å². The highest BCUT2D eigenvalue weighted by Crippen LogP contribution is 2.23. The van der Waals surface area contributed by atoms with E-state index in [2.05, 4.69) is 25.5 Å². The van der Waals surface area contributed by atoms with Crippen LogP contribution < -0.4 is 5.32 Å². The predicted molar refractivity (Wildman–Crippen MR) is 80.1 cm³/mol. The molecule has 0 radical (unpaired) electrons. The average molecular weight is 301 g/mol. The van der Waals surface area contributed by atoms with E-state index in [4.69, 9.17) is 0 Å². The number of hydrogen-bond acceptors (Lipinski definition) is 6. The first-order chi connectivity index (χ1) is 10.2. The zero-order valence-electron chi connectivity index (χ0n) is 11.0. The number of thioether (sulfide) groups is 1. The highest BCUT2D eigenvalue weighted by Gasteiger charge is 2.14. The first-order valence-electron chi connectivity index (χ1n) is 6.02. The molecule has 7 nitrogen and oxygen atoms in total. The molecule has 0 aliphatic carbocycles. The number of rotatable bonds is 4. The van der Waals surface area contributed by atoms with Crippen LogP contribution in [-0.2, 0) is 0 Å². The second kappa shape index (κ2) is 5.41. The monoisotopic (exact) mass is 301 g/mol. The molecule has 2 heterocycles. The number of hydrogen-bond donors (Lipinski definition) is 3. The van der Waals surface area contributed by atoms with Crippen molar-refractivity contribution < 1.29 is 9.90 Å². The van der Waals surface area contributed by atoms with Crippen LogP contribution in [0.15, 0.2) is 35.7 Å². The summed E-state index contributed by atoms with van der Waals surface area (Å²) < 4.78 is 0. The van der Waals surface area contributed by atoms with Crippen molar-refractivity contribution in [3.8, 4) is 0 Å². The fourth-order valence-electron chi connectivity index (χ4n) is 1.87. The summed E-state index contributed by atoms with van der Waals surface area (Å²) in [7, 11) is 0. The number of H-pyrrole nitrogens is 1. The number of anilines is 2. The second-order valence-electron chi connectivity index (χ2n) is 4.22. The number of aromatic amines is 1. The van der Waals surface area contributed by atoms with Crippen LogP contribution in [0.4, 0.5) is 11.5 Å². The van der Waals surface area contributed by atoms with Gasteiger partial charge in [0.25, 0.3) is 0 Å². The number of benzene rings is 1. The van der Waals surface area contributed by atoms with Crippen molar-refractivity contribution in [3.05, 3.63) is 36.2 Å². The van der Waals surface area contributed by atoms with Crippen LogP contribution in [0.5, 0.6) is 0 Å². The first-order valence-corrected chi connectivity index (χ1v) is 7.24. The molecule has 0 saturated heterocycles. The van der Waals surface area contributed by atoms with Crippen LogP contribution >= 0.6 is 11.8 Å². The van der Waals surface area contributed by atoms with E-state index < -0.39 is 5.97 Å². The number of carboxylic acid groups (broad SMARTS) is 1. The number of nitrogens with zero attached hydrogens (tertiary/aromatic N) is 3. The normalized spacial score (nSPS) is 10.7. The van der Waals surface area contributed by atoms with Gasteiger partial charge in [0.05, 0.1) is 11.7 Å². The van der Waals surface area contributed by atoms with Gasteiger partial charge >= 0.3 is 5.97 Å². The van der Waals surface area contributed by atoms with E-state index in [9.17, 15) is 9.90 Å². The van der Waals surface area contributed by atoms with Gasteiger partial charge in [0.1, 0.15) is 11.4 Å². The Morgan fingerprint density at radius 2 is 2.24 bits per heavy atom. The molecule has 0 unspecified atom stereocenters. The molecule has 3 N–H and O–H groups in total. The molecule has 0 atom stereocenters. The molecule has 3 rings (SSSR count). The molecular formula is C13H11N5O2S. The number of aromatic carboxylic acids is 1. The van der Waals surface area contributed by atoms with Crippen molar-refractivity contribution in [1.82, 2.24) is 20.2 Å². The van der Waals surface area contributed by atoms with Crippen LogP contribution in [-0.4, -0.2) is 37.5 Å². The van der Waals surface area contributed by atoms with Crippen molar-refractivity contribution in [1.29, 1.82) is 0 Å². The van der Waals surface area contributed by atoms with E-state index in [0.717, 1.165) is 16.6 Å². The molecule has 21 heavy (non-hydrogen) atoms. The zero-order valence-corrected chi connectivity index (χ0v) is 11.8.